The average molecular weight is 1350 g/mol. The van der Waals surface area contributed by atoms with Crippen molar-refractivity contribution < 1.29 is 78.7 Å². The second-order valence-electron chi connectivity index (χ2n) is 15.6. The predicted molar refractivity (Wildman–Crippen MR) is 332 cm³/mol. The first-order chi connectivity index (χ1) is 39.2. The number of carbonyl (C=O) groups excluding carboxylic acids is 1. The monoisotopic (exact) mass is 1350 g/mol. The van der Waals surface area contributed by atoms with Crippen molar-refractivity contribution in [3.63, 3.8) is 0 Å². The van der Waals surface area contributed by atoms with Crippen LogP contribution in [0.1, 0.15) is 32.0 Å². The van der Waals surface area contributed by atoms with E-state index in [2.05, 4.69) is 46.1 Å². The van der Waals surface area contributed by atoms with Crippen LogP contribution in [-0.2, 0) is 27.0 Å². The number of hydrogen-bond donors (Lipinski definition) is 6. The van der Waals surface area contributed by atoms with Crippen molar-refractivity contribution in [3.05, 3.63) is 282 Å². The van der Waals surface area contributed by atoms with Crippen LogP contribution in [0, 0.1) is 20.3 Å². The number of nitrogens with one attached hydrogen (secondary N) is 1. The van der Waals surface area contributed by atoms with Gasteiger partial charge in [-0.3, -0.25) is 14.4 Å². The summed E-state index contributed by atoms with van der Waals surface area (Å²) >= 11 is 37.7. The fraction of sp³-hybridized carbons (Fsp3) is 0.0702. The number of halogens is 5. The number of anilines is 2. The number of nitrogens with zero attached hydrogens (tertiary/aromatic N) is 4. The Hall–Kier alpha value is -6.15. The summed E-state index contributed by atoms with van der Waals surface area (Å²) in [6, 6.07) is 57.0. The summed E-state index contributed by atoms with van der Waals surface area (Å²) in [5, 5.41) is 72.0. The molecular weight excluding hydrogens is 1300 g/mol. The number of carboxylic acids is 2. The number of rotatable bonds is 11. The quantitative estimate of drug-likeness (QED) is 0.00810. The number of amides is 1. The predicted octanol–water partition coefficient (Wildman–Crippen LogP) is 10.4. The Morgan fingerprint density at radius 1 is 0.578 bits per heavy atom. The van der Waals surface area contributed by atoms with Gasteiger partial charge in [-0.1, -0.05) is 178 Å². The van der Waals surface area contributed by atoms with Gasteiger partial charge in [0.1, 0.15) is 20.0 Å². The Balaban J connectivity index is 0.000000359. The molecule has 4 aromatic heterocycles. The van der Waals surface area contributed by atoms with Crippen molar-refractivity contribution in [2.24, 2.45) is 0 Å². The van der Waals surface area contributed by atoms with E-state index in [1.807, 2.05) is 54.6 Å². The number of alkyl halides is 1. The second-order valence-corrected chi connectivity index (χ2v) is 21.3. The molecule has 9 rings (SSSR count). The number of aliphatic hydroxyl groups excluding tert-OH is 1. The molecule has 0 aliphatic rings. The third-order valence-corrected chi connectivity index (χ3v) is 14.6. The van der Waals surface area contributed by atoms with Crippen LogP contribution < -0.4 is 54.8 Å². The Morgan fingerprint density at radius 3 is 1.33 bits per heavy atom. The third-order valence-electron chi connectivity index (χ3n) is 9.64. The maximum absolute atomic E-state index is 12.9. The molecular formula is C57H50BrCl4N6NaO10S4. The van der Waals surface area contributed by atoms with Gasteiger partial charge in [-0.05, 0) is 107 Å². The molecule has 0 saturated carbocycles. The number of carboxylic acid groups (broad SMARTS) is 2. The van der Waals surface area contributed by atoms with Gasteiger partial charge in [0.05, 0.1) is 5.03 Å². The molecule has 1 amide bonds. The van der Waals surface area contributed by atoms with Gasteiger partial charge in [0.2, 0.25) is 5.91 Å². The van der Waals surface area contributed by atoms with Crippen molar-refractivity contribution in [2.75, 3.05) is 18.2 Å². The standard InChI is InChI=1S/C19H14Cl2N2O2S.C13H11NO3S.C8H7BrO2.C6H5Cl2N.2C5H5NOS.CH4O.Na/c20-14-10-15(21)12-16(11-14)22-19(24)18(13-6-2-1-3-7-13)26-17-8-4-5-9-23(17)25;15-13(16)12(10-6-2-1-3-7-10)18-11-8-4-5-9-14(11)17;9-7(8(10)11)6-4-2-1-3-5-6;7-4-1-5(8)3-6(9)2-4;2*7-6-4-2-1-3-5(6)8;1-2;/h1-12,18H,(H,22,24);1-9,12H,(H,15,16);1-5,7H,(H,10,11);1-3H,9H2;1-4,8H;1-4,7H;2H,1H3;/q;;;;;;;+1/p-1. The Kier molecular flexibility index (Phi) is 35.3. The molecule has 16 nitrogen and oxygen atoms in total. The van der Waals surface area contributed by atoms with Crippen LogP contribution in [0.2, 0.25) is 20.1 Å². The van der Waals surface area contributed by atoms with E-state index in [4.69, 9.17) is 67.6 Å². The van der Waals surface area contributed by atoms with Crippen molar-refractivity contribution in [3.8, 4) is 0 Å². The molecule has 0 aliphatic carbocycles. The molecule has 26 heteroatoms. The summed E-state index contributed by atoms with van der Waals surface area (Å²) in [6.07, 6.45) is 5.62. The number of nitrogens with two attached hydrogens (primary N) is 1. The SMILES string of the molecule is CO.Nc1cc(Cl)cc(Cl)c1.O=C(Nc1cc(Cl)cc(Cl)c1)C(Sc1cccc[n+]1[O-])c1ccccc1.O=C(O)C(Br)c1ccccc1.O=C(O)C(Sc1cccc[n+]1[O-])c1ccccc1.On1ccccc1=S.[Na+].[O-][n+]1ccccc1[S-]. The number of thioether (sulfide) groups is 2. The summed E-state index contributed by atoms with van der Waals surface area (Å²) in [5.74, 6) is -2.10. The van der Waals surface area contributed by atoms with E-state index in [1.165, 1.54) is 36.5 Å². The Morgan fingerprint density at radius 2 is 0.964 bits per heavy atom. The van der Waals surface area contributed by atoms with Gasteiger partial charge >= 0.3 is 41.5 Å². The number of aliphatic hydroxyl groups is 1. The van der Waals surface area contributed by atoms with E-state index in [-0.39, 0.29) is 35.5 Å². The van der Waals surface area contributed by atoms with E-state index < -0.39 is 27.3 Å². The summed E-state index contributed by atoms with van der Waals surface area (Å²) in [5.41, 5.74) is 8.69. The summed E-state index contributed by atoms with van der Waals surface area (Å²) < 4.78 is 3.38. The molecule has 83 heavy (non-hydrogen) atoms. The number of benzene rings is 5. The molecule has 5 aromatic carbocycles. The van der Waals surface area contributed by atoms with Crippen molar-refractivity contribution in [1.82, 2.24) is 4.73 Å². The average Bonchev–Trinajstić information content (AvgIpc) is 3.63. The van der Waals surface area contributed by atoms with Gasteiger partial charge in [-0.25, -0.2) is 0 Å². The third kappa shape index (κ3) is 27.9. The molecule has 0 radical (unpaired) electrons. The van der Waals surface area contributed by atoms with Crippen LogP contribution in [-0.4, -0.2) is 50.2 Å². The number of carbonyl (C=O) groups is 3. The van der Waals surface area contributed by atoms with Gasteiger partial charge in [-0.2, -0.15) is 18.9 Å². The minimum atomic E-state index is -0.963. The Bertz CT molecular complexity index is 3380. The number of nitrogen functional groups attached to an aromatic ring is 1. The normalized spacial score (nSPS) is 10.8. The zero-order chi connectivity index (χ0) is 60.6. The molecule has 4 heterocycles. The fourth-order valence-corrected chi connectivity index (χ4v) is 9.68. The van der Waals surface area contributed by atoms with E-state index in [0.29, 0.717) is 66.2 Å². The van der Waals surface area contributed by atoms with Gasteiger partial charge in [-0.15, -0.1) is 0 Å². The second kappa shape index (κ2) is 40.2. The van der Waals surface area contributed by atoms with Crippen LogP contribution in [0.5, 0.6) is 0 Å². The molecule has 0 spiro atoms. The van der Waals surface area contributed by atoms with Crippen LogP contribution >= 0.6 is 98.1 Å². The molecule has 0 fully saturated rings. The molecule has 428 valence electrons. The van der Waals surface area contributed by atoms with Crippen molar-refractivity contribution in [2.45, 2.75) is 30.4 Å². The first-order valence-electron chi connectivity index (χ1n) is 23.3. The molecule has 9 aromatic rings. The number of pyridine rings is 4. The molecule has 7 N–H and O–H groups in total. The van der Waals surface area contributed by atoms with Crippen LogP contribution in [0.25, 0.3) is 0 Å². The first kappa shape index (κ1) is 73.0. The first-order valence-corrected chi connectivity index (χ1v) is 28.3. The minimum absolute atomic E-state index is 0. The number of aliphatic carboxylic acids is 2. The van der Waals surface area contributed by atoms with E-state index >= 15 is 0 Å². The zero-order valence-electron chi connectivity index (χ0n) is 43.7. The zero-order valence-corrected chi connectivity index (χ0v) is 53.6. The minimum Gasteiger partial charge on any atom is -0.709 e. The molecule has 3 unspecified atom stereocenters. The van der Waals surface area contributed by atoms with Crippen molar-refractivity contribution in [1.29, 1.82) is 0 Å². The molecule has 0 aliphatic heterocycles. The maximum Gasteiger partial charge on any atom is 1.00 e. The van der Waals surface area contributed by atoms with Crippen LogP contribution in [0.3, 0.4) is 0 Å². The number of aromatic nitrogens is 4. The van der Waals surface area contributed by atoms with Gasteiger partial charge in [0.15, 0.2) is 18.6 Å². The summed E-state index contributed by atoms with van der Waals surface area (Å²) in [7, 11) is 1.00. The molecule has 0 bridgehead atoms. The summed E-state index contributed by atoms with van der Waals surface area (Å²) in [4.78, 5) is 34.1. The summed E-state index contributed by atoms with van der Waals surface area (Å²) in [6.45, 7) is 0. The van der Waals surface area contributed by atoms with Crippen LogP contribution in [0.15, 0.2) is 240 Å². The van der Waals surface area contributed by atoms with Gasteiger partial charge in [0, 0.05) is 75.1 Å². The maximum atomic E-state index is 12.9. The van der Waals surface area contributed by atoms with E-state index in [0.717, 1.165) is 39.5 Å². The van der Waals surface area contributed by atoms with Gasteiger partial charge < -0.3 is 59.8 Å². The van der Waals surface area contributed by atoms with Crippen molar-refractivity contribution >= 4 is 140 Å². The fourth-order valence-electron chi connectivity index (χ4n) is 6.04. The molecule has 0 saturated heterocycles. The molecule has 3 atom stereocenters. The topological polar surface area (TPSA) is 256 Å². The smallest absolute Gasteiger partial charge is 0.709 e. The van der Waals surface area contributed by atoms with Gasteiger partial charge in [0.25, 0.3) is 10.1 Å². The Labute approximate surface area is 548 Å². The van der Waals surface area contributed by atoms with E-state index in [9.17, 15) is 35.1 Å². The van der Waals surface area contributed by atoms with Crippen LogP contribution in [0.4, 0.5) is 11.4 Å². The van der Waals surface area contributed by atoms with E-state index in [1.54, 1.807) is 146 Å². The largest absolute Gasteiger partial charge is 1.00 e. The number of hydrogen-bond acceptors (Lipinski definition) is 13.